The third-order valence-electron chi connectivity index (χ3n) is 2.56. The quantitative estimate of drug-likeness (QED) is 0.702. The number of carbonyl (C=O) groups excluding carboxylic acids is 1. The molecule has 1 rings (SSSR count). The maximum Gasteiger partial charge on any atom is 0.304 e. The molecule has 0 radical (unpaired) electrons. The Morgan fingerprint density at radius 1 is 1.47 bits per heavy atom. The van der Waals surface area contributed by atoms with Gasteiger partial charge in [0.1, 0.15) is 0 Å². The highest BCUT2D eigenvalue weighted by atomic mass is 32.1. The average Bonchev–Trinajstić information content (AvgIpc) is 2.64. The van der Waals surface area contributed by atoms with Crippen LogP contribution in [0.1, 0.15) is 26.5 Å². The van der Waals surface area contributed by atoms with Crippen LogP contribution in [-0.2, 0) is 11.3 Å². The van der Waals surface area contributed by atoms with Gasteiger partial charge in [0.05, 0.1) is 6.54 Å². The van der Waals surface area contributed by atoms with Gasteiger partial charge < -0.3 is 15.6 Å². The molecule has 0 bridgehead atoms. The van der Waals surface area contributed by atoms with Gasteiger partial charge in [0.15, 0.2) is 0 Å². The van der Waals surface area contributed by atoms with E-state index in [9.17, 15) is 9.59 Å². The number of thiazole rings is 1. The van der Waals surface area contributed by atoms with Crippen molar-refractivity contribution in [2.24, 2.45) is 5.92 Å². The second-order valence-electron chi connectivity index (χ2n) is 4.38. The topological polar surface area (TPSA) is 74.0 Å². The number of nitrogens with one attached hydrogen (secondary N) is 3. The summed E-state index contributed by atoms with van der Waals surface area (Å²) in [5.41, 5.74) is 0.810. The van der Waals surface area contributed by atoms with E-state index in [1.165, 1.54) is 0 Å². The van der Waals surface area contributed by atoms with E-state index in [4.69, 9.17) is 0 Å². The minimum Gasteiger partial charge on any atom is -0.352 e. The van der Waals surface area contributed by atoms with Crippen molar-refractivity contribution in [2.45, 2.75) is 33.4 Å². The summed E-state index contributed by atoms with van der Waals surface area (Å²) in [5.74, 6) is 0.399. The summed E-state index contributed by atoms with van der Waals surface area (Å²) in [6, 6.07) is 0.172. The van der Waals surface area contributed by atoms with Crippen LogP contribution in [0, 0.1) is 5.92 Å². The number of hydrogen-bond acceptors (Lipinski definition) is 4. The fourth-order valence-electron chi connectivity index (χ4n) is 1.18. The van der Waals surface area contributed by atoms with Crippen molar-refractivity contribution in [3.63, 3.8) is 0 Å². The van der Waals surface area contributed by atoms with Crippen molar-refractivity contribution in [1.29, 1.82) is 0 Å². The molecule has 0 aliphatic rings. The molecule has 17 heavy (non-hydrogen) atoms. The number of amides is 1. The summed E-state index contributed by atoms with van der Waals surface area (Å²) in [6.45, 7) is 6.87. The molecule has 1 unspecified atom stereocenters. The summed E-state index contributed by atoms with van der Waals surface area (Å²) in [7, 11) is 0. The van der Waals surface area contributed by atoms with E-state index in [1.807, 2.05) is 6.92 Å². The third-order valence-corrected chi connectivity index (χ3v) is 3.28. The van der Waals surface area contributed by atoms with E-state index in [-0.39, 0.29) is 23.4 Å². The first-order valence-corrected chi connectivity index (χ1v) is 6.53. The van der Waals surface area contributed by atoms with Crippen molar-refractivity contribution in [2.75, 3.05) is 6.54 Å². The van der Waals surface area contributed by atoms with Crippen molar-refractivity contribution >= 4 is 17.2 Å². The van der Waals surface area contributed by atoms with Gasteiger partial charge in [-0.1, -0.05) is 25.2 Å². The Bertz CT molecular complexity index is 411. The van der Waals surface area contributed by atoms with Gasteiger partial charge >= 0.3 is 4.87 Å². The minimum atomic E-state index is -0.0697. The summed E-state index contributed by atoms with van der Waals surface area (Å²) in [4.78, 5) is 25.0. The molecule has 1 aromatic rings. The Kier molecular flexibility index (Phi) is 5.37. The maximum absolute atomic E-state index is 11.5. The van der Waals surface area contributed by atoms with Gasteiger partial charge in [-0.05, 0) is 12.8 Å². The van der Waals surface area contributed by atoms with Crippen molar-refractivity contribution in [3.05, 3.63) is 20.7 Å². The van der Waals surface area contributed by atoms with E-state index < -0.39 is 0 Å². The molecule has 0 aliphatic carbocycles. The van der Waals surface area contributed by atoms with Crippen LogP contribution in [-0.4, -0.2) is 23.5 Å². The van der Waals surface area contributed by atoms with E-state index in [1.54, 1.807) is 5.38 Å². The molecule has 0 saturated carbocycles. The minimum absolute atomic E-state index is 0.0243. The highest BCUT2D eigenvalue weighted by Crippen LogP contribution is 1.99. The molecule has 3 N–H and O–H groups in total. The zero-order valence-corrected chi connectivity index (χ0v) is 11.2. The summed E-state index contributed by atoms with van der Waals surface area (Å²) >= 11 is 1.13. The molecule has 5 nitrogen and oxygen atoms in total. The molecular formula is C11H19N3O2S. The molecule has 1 heterocycles. The summed E-state index contributed by atoms with van der Waals surface area (Å²) < 4.78 is 0. The van der Waals surface area contributed by atoms with Crippen LogP contribution in [0.3, 0.4) is 0 Å². The standard InChI is InChI=1S/C11H19N3O2S/c1-7(2)8(3)13-10(15)5-12-4-9-6-17-11(16)14-9/h6-8,12H,4-5H2,1-3H3,(H,13,15)(H,14,16). The number of hydrogen-bond donors (Lipinski definition) is 3. The maximum atomic E-state index is 11.5. The Morgan fingerprint density at radius 3 is 2.71 bits per heavy atom. The van der Waals surface area contributed by atoms with Crippen LogP contribution in [0.4, 0.5) is 0 Å². The summed E-state index contributed by atoms with van der Waals surface area (Å²) in [6.07, 6.45) is 0. The third kappa shape index (κ3) is 5.14. The molecule has 0 saturated heterocycles. The Balaban J connectivity index is 2.22. The Labute approximate surface area is 105 Å². The van der Waals surface area contributed by atoms with E-state index in [0.717, 1.165) is 17.0 Å². The van der Waals surface area contributed by atoms with Gasteiger partial charge in [-0.3, -0.25) is 9.59 Å². The van der Waals surface area contributed by atoms with Crippen LogP contribution in [0.25, 0.3) is 0 Å². The van der Waals surface area contributed by atoms with Gasteiger partial charge in [-0.15, -0.1) is 0 Å². The van der Waals surface area contributed by atoms with Gasteiger partial charge in [0.25, 0.3) is 0 Å². The number of aromatic nitrogens is 1. The second-order valence-corrected chi connectivity index (χ2v) is 5.22. The van der Waals surface area contributed by atoms with Gasteiger partial charge in [-0.2, -0.15) is 0 Å². The number of aromatic amines is 1. The van der Waals surface area contributed by atoms with Crippen molar-refractivity contribution in [3.8, 4) is 0 Å². The first-order chi connectivity index (χ1) is 7.99. The lowest BCUT2D eigenvalue weighted by atomic mass is 10.1. The lowest BCUT2D eigenvalue weighted by Crippen LogP contribution is -2.41. The molecular weight excluding hydrogens is 238 g/mol. The smallest absolute Gasteiger partial charge is 0.304 e. The molecule has 0 aliphatic heterocycles. The molecule has 1 atom stereocenters. The fourth-order valence-corrected chi connectivity index (χ4v) is 1.76. The van der Waals surface area contributed by atoms with Crippen molar-refractivity contribution in [1.82, 2.24) is 15.6 Å². The number of carbonyl (C=O) groups is 1. The normalized spacial score (nSPS) is 12.7. The van der Waals surface area contributed by atoms with E-state index >= 15 is 0 Å². The van der Waals surface area contributed by atoms with E-state index in [2.05, 4.69) is 29.5 Å². The fraction of sp³-hybridized carbons (Fsp3) is 0.636. The van der Waals surface area contributed by atoms with Crippen molar-refractivity contribution < 1.29 is 4.79 Å². The predicted molar refractivity (Wildman–Crippen MR) is 69.1 cm³/mol. The van der Waals surface area contributed by atoms with Crippen LogP contribution in [0.15, 0.2) is 10.2 Å². The van der Waals surface area contributed by atoms with Crippen LogP contribution in [0.5, 0.6) is 0 Å². The first kappa shape index (κ1) is 13.9. The SMILES string of the molecule is CC(C)C(C)NC(=O)CNCc1csc(=O)[nH]1. The Morgan fingerprint density at radius 2 is 2.18 bits per heavy atom. The molecule has 1 aromatic heterocycles. The largest absolute Gasteiger partial charge is 0.352 e. The lowest BCUT2D eigenvalue weighted by Gasteiger charge is -2.17. The predicted octanol–water partition coefficient (Wildman–Crippen LogP) is 0.687. The van der Waals surface area contributed by atoms with Crippen LogP contribution >= 0.6 is 11.3 Å². The highest BCUT2D eigenvalue weighted by Gasteiger charge is 2.10. The monoisotopic (exact) mass is 257 g/mol. The molecule has 0 spiro atoms. The number of rotatable bonds is 6. The molecule has 0 aromatic carbocycles. The second kappa shape index (κ2) is 6.56. The zero-order chi connectivity index (χ0) is 12.8. The van der Waals surface area contributed by atoms with Gasteiger partial charge in [0, 0.05) is 23.7 Å². The van der Waals surface area contributed by atoms with Crippen LogP contribution in [0.2, 0.25) is 0 Å². The zero-order valence-electron chi connectivity index (χ0n) is 10.4. The average molecular weight is 257 g/mol. The summed E-state index contributed by atoms with van der Waals surface area (Å²) in [5, 5.41) is 7.64. The van der Waals surface area contributed by atoms with Crippen LogP contribution < -0.4 is 15.5 Å². The van der Waals surface area contributed by atoms with Gasteiger partial charge in [-0.25, -0.2) is 0 Å². The Hall–Kier alpha value is -1.14. The molecule has 6 heteroatoms. The van der Waals surface area contributed by atoms with E-state index in [0.29, 0.717) is 12.5 Å². The lowest BCUT2D eigenvalue weighted by molar-refractivity contribution is -0.121. The highest BCUT2D eigenvalue weighted by molar-refractivity contribution is 7.07. The number of H-pyrrole nitrogens is 1. The molecule has 0 fully saturated rings. The molecule has 96 valence electrons. The first-order valence-electron chi connectivity index (χ1n) is 5.66. The van der Waals surface area contributed by atoms with Gasteiger partial charge in [0.2, 0.25) is 5.91 Å². The molecule has 1 amide bonds.